The van der Waals surface area contributed by atoms with Crippen molar-refractivity contribution in [2.24, 2.45) is 0 Å². The van der Waals surface area contributed by atoms with Gasteiger partial charge in [-0.3, -0.25) is 0 Å². The van der Waals surface area contributed by atoms with Crippen LogP contribution in [0.25, 0.3) is 36.5 Å². The lowest BCUT2D eigenvalue weighted by Gasteiger charge is -2.25. The molecule has 5 nitrogen and oxygen atoms in total. The van der Waals surface area contributed by atoms with Crippen molar-refractivity contribution in [2.75, 3.05) is 4.90 Å². The Morgan fingerprint density at radius 1 is 0.378 bits per heavy atom. The molecule has 5 aromatic carbocycles. The van der Waals surface area contributed by atoms with Gasteiger partial charge in [0.15, 0.2) is 0 Å². The Morgan fingerprint density at radius 2 is 0.644 bits per heavy atom. The molecular weight excluding hydrogens is 558 g/mol. The molecule has 0 heterocycles. The molecule has 5 heteroatoms. The van der Waals surface area contributed by atoms with Crippen molar-refractivity contribution in [3.8, 4) is 0 Å². The maximum absolute atomic E-state index is 10.7. The van der Waals surface area contributed by atoms with Crippen LogP contribution in [0.15, 0.2) is 140 Å². The molecule has 0 atom stereocenters. The molecule has 0 aliphatic heterocycles. The van der Waals surface area contributed by atoms with Crippen LogP contribution >= 0.6 is 0 Å². The molecular formula is C40H31NO4. The average Bonchev–Trinajstić information content (AvgIpc) is 3.07. The summed E-state index contributed by atoms with van der Waals surface area (Å²) in [6.07, 6.45) is 13.6. The molecule has 220 valence electrons. The third-order valence-electron chi connectivity index (χ3n) is 6.96. The Balaban J connectivity index is 1.30. The summed E-state index contributed by atoms with van der Waals surface area (Å²) < 4.78 is 0. The van der Waals surface area contributed by atoms with Crippen LogP contribution in [-0.2, 0) is 9.59 Å². The minimum absolute atomic E-state index is 0.836. The van der Waals surface area contributed by atoms with Crippen molar-refractivity contribution in [1.82, 2.24) is 0 Å². The monoisotopic (exact) mass is 589 g/mol. The topological polar surface area (TPSA) is 77.8 Å². The van der Waals surface area contributed by atoms with Gasteiger partial charge >= 0.3 is 11.9 Å². The Morgan fingerprint density at radius 3 is 0.956 bits per heavy atom. The zero-order valence-corrected chi connectivity index (χ0v) is 24.4. The number of para-hydroxylation sites is 1. The van der Waals surface area contributed by atoms with E-state index in [1.165, 1.54) is 0 Å². The first kappa shape index (κ1) is 30.3. The van der Waals surface area contributed by atoms with E-state index in [1.54, 1.807) is 12.2 Å². The van der Waals surface area contributed by atoms with E-state index in [-0.39, 0.29) is 0 Å². The van der Waals surface area contributed by atoms with Crippen LogP contribution in [0.5, 0.6) is 0 Å². The van der Waals surface area contributed by atoms with Gasteiger partial charge in [-0.05, 0) is 81.9 Å². The fraction of sp³-hybridized carbons (Fsp3) is 0. The molecule has 5 aromatic rings. The number of hydrogen-bond acceptors (Lipinski definition) is 3. The number of hydrogen-bond donors (Lipinski definition) is 2. The summed E-state index contributed by atoms with van der Waals surface area (Å²) in [5.74, 6) is -1.93. The highest BCUT2D eigenvalue weighted by atomic mass is 16.4. The Bertz CT molecular complexity index is 1730. The maximum Gasteiger partial charge on any atom is 0.328 e. The van der Waals surface area contributed by atoms with Gasteiger partial charge in [-0.2, -0.15) is 0 Å². The van der Waals surface area contributed by atoms with Gasteiger partial charge in [-0.15, -0.1) is 0 Å². The molecule has 5 rings (SSSR count). The molecule has 0 fully saturated rings. The second kappa shape index (κ2) is 14.8. The second-order valence-corrected chi connectivity index (χ2v) is 10.2. The first-order chi connectivity index (χ1) is 21.9. The lowest BCUT2D eigenvalue weighted by molar-refractivity contribution is -0.132. The standard InChI is InChI=1S/C40H31NO4/c42-39(43)28-22-32-12-6-30(7-13-32)10-16-34-18-24-37(25-19-34)41(36-4-2-1-3-5-36)38-26-20-35(21-27-38)17-11-31-8-14-33(15-9-31)23-29-40(44)45/h1-29H,(H,42,43)(H,44,45)/b16-10+,17-11+,28-22+,29-23+. The van der Waals surface area contributed by atoms with Crippen molar-refractivity contribution in [3.05, 3.63) is 173 Å². The van der Waals surface area contributed by atoms with E-state index in [9.17, 15) is 9.59 Å². The van der Waals surface area contributed by atoms with Crippen LogP contribution in [0.3, 0.4) is 0 Å². The number of rotatable bonds is 11. The first-order valence-corrected chi connectivity index (χ1v) is 14.4. The van der Waals surface area contributed by atoms with E-state index in [2.05, 4.69) is 77.7 Å². The molecule has 0 aliphatic carbocycles. The second-order valence-electron chi connectivity index (χ2n) is 10.2. The number of aliphatic carboxylic acids is 2. The lowest BCUT2D eigenvalue weighted by atomic mass is 10.1. The summed E-state index contributed by atoms with van der Waals surface area (Å²) in [4.78, 5) is 23.7. The van der Waals surface area contributed by atoms with E-state index in [1.807, 2.05) is 78.9 Å². The van der Waals surface area contributed by atoms with Gasteiger partial charge in [-0.25, -0.2) is 9.59 Å². The van der Waals surface area contributed by atoms with E-state index in [0.29, 0.717) is 0 Å². The highest BCUT2D eigenvalue weighted by molar-refractivity contribution is 5.86. The van der Waals surface area contributed by atoms with Gasteiger partial charge in [0.25, 0.3) is 0 Å². The van der Waals surface area contributed by atoms with Gasteiger partial charge < -0.3 is 15.1 Å². The largest absolute Gasteiger partial charge is 0.478 e. The SMILES string of the molecule is O=C(O)/C=C/c1ccc(/C=C/c2ccc(N(c3ccccc3)c3ccc(/C=C/c4ccc(/C=C/C(=O)O)cc4)cc3)cc2)cc1. The van der Waals surface area contributed by atoms with Crippen molar-refractivity contribution >= 4 is 65.5 Å². The summed E-state index contributed by atoms with van der Waals surface area (Å²) in [5, 5.41) is 17.6. The molecule has 0 spiro atoms. The fourth-order valence-corrected chi connectivity index (χ4v) is 4.65. The summed E-state index contributed by atoms with van der Waals surface area (Å²) in [6.45, 7) is 0. The number of carbonyl (C=O) groups is 2. The molecule has 0 unspecified atom stereocenters. The fourth-order valence-electron chi connectivity index (χ4n) is 4.65. The molecule has 0 amide bonds. The Kier molecular flexibility index (Phi) is 9.96. The van der Waals surface area contributed by atoms with Crippen LogP contribution in [0, 0.1) is 0 Å². The van der Waals surface area contributed by atoms with Gasteiger partial charge in [-0.1, -0.05) is 115 Å². The third-order valence-corrected chi connectivity index (χ3v) is 6.96. The number of benzene rings is 5. The smallest absolute Gasteiger partial charge is 0.328 e. The number of carboxylic acids is 2. The van der Waals surface area contributed by atoms with Gasteiger partial charge in [0, 0.05) is 29.2 Å². The van der Waals surface area contributed by atoms with E-state index in [0.717, 1.165) is 62.6 Å². The highest BCUT2D eigenvalue weighted by Crippen LogP contribution is 2.34. The summed E-state index contributed by atoms with van der Waals surface area (Å²) in [7, 11) is 0. The van der Waals surface area contributed by atoms with Crippen molar-refractivity contribution in [1.29, 1.82) is 0 Å². The molecule has 0 saturated heterocycles. The number of carboxylic acid groups (broad SMARTS) is 2. The van der Waals surface area contributed by atoms with Crippen molar-refractivity contribution in [3.63, 3.8) is 0 Å². The summed E-state index contributed by atoms with van der Waals surface area (Å²) in [5.41, 5.74) is 8.97. The van der Waals surface area contributed by atoms with Crippen molar-refractivity contribution in [2.45, 2.75) is 0 Å². The zero-order chi connectivity index (χ0) is 31.4. The Hall–Kier alpha value is -6.20. The van der Waals surface area contributed by atoms with Crippen LogP contribution in [0.1, 0.15) is 33.4 Å². The van der Waals surface area contributed by atoms with Crippen molar-refractivity contribution < 1.29 is 19.8 Å². The Labute approximate surface area is 262 Å². The average molecular weight is 590 g/mol. The van der Waals surface area contributed by atoms with E-state index in [4.69, 9.17) is 10.2 Å². The third kappa shape index (κ3) is 8.89. The predicted molar refractivity (Wildman–Crippen MR) is 185 cm³/mol. The predicted octanol–water partition coefficient (Wildman–Crippen LogP) is 9.69. The van der Waals surface area contributed by atoms with Gasteiger partial charge in [0.05, 0.1) is 0 Å². The van der Waals surface area contributed by atoms with Gasteiger partial charge in [0.1, 0.15) is 0 Å². The van der Waals surface area contributed by atoms with Crippen LogP contribution in [0.2, 0.25) is 0 Å². The molecule has 0 radical (unpaired) electrons. The quantitative estimate of drug-likeness (QED) is 0.118. The minimum Gasteiger partial charge on any atom is -0.478 e. The molecule has 45 heavy (non-hydrogen) atoms. The molecule has 0 aliphatic rings. The normalized spacial score (nSPS) is 11.6. The van der Waals surface area contributed by atoms with Crippen LogP contribution in [-0.4, -0.2) is 22.2 Å². The summed E-state index contributed by atoms with van der Waals surface area (Å²) in [6, 6.07) is 42.4. The van der Waals surface area contributed by atoms with E-state index >= 15 is 0 Å². The van der Waals surface area contributed by atoms with Crippen LogP contribution < -0.4 is 4.90 Å². The maximum atomic E-state index is 10.7. The molecule has 0 aromatic heterocycles. The minimum atomic E-state index is -0.965. The van der Waals surface area contributed by atoms with Gasteiger partial charge in [0.2, 0.25) is 0 Å². The number of anilines is 3. The number of nitrogens with zero attached hydrogens (tertiary/aromatic N) is 1. The lowest BCUT2D eigenvalue weighted by Crippen LogP contribution is -2.09. The van der Waals surface area contributed by atoms with E-state index < -0.39 is 11.9 Å². The van der Waals surface area contributed by atoms with Crippen LogP contribution in [0.4, 0.5) is 17.1 Å². The molecule has 0 saturated carbocycles. The highest BCUT2D eigenvalue weighted by Gasteiger charge is 2.11. The zero-order valence-electron chi connectivity index (χ0n) is 24.4. The summed E-state index contributed by atoms with van der Waals surface area (Å²) >= 11 is 0. The molecule has 0 bridgehead atoms. The molecule has 2 N–H and O–H groups in total. The first-order valence-electron chi connectivity index (χ1n) is 14.4.